The fourth-order valence-corrected chi connectivity index (χ4v) is 4.34. The Bertz CT molecular complexity index is 660. The number of carbonyl (C=O) groups excluding carboxylic acids is 2. The third-order valence-electron chi connectivity index (χ3n) is 4.54. The van der Waals surface area contributed by atoms with E-state index in [-0.39, 0.29) is 29.2 Å². The SMILES string of the molecule is CCC(CSC(C)(C)C)N1C(=O)[C@H](CC(N)=O)OCC1c1ccc(Cl)cc1. The van der Waals surface area contributed by atoms with Gasteiger partial charge in [0.25, 0.3) is 5.91 Å². The zero-order valence-electron chi connectivity index (χ0n) is 16.4. The highest BCUT2D eigenvalue weighted by molar-refractivity contribution is 8.00. The van der Waals surface area contributed by atoms with Gasteiger partial charge in [0.05, 0.1) is 19.1 Å². The van der Waals surface area contributed by atoms with Crippen LogP contribution in [0.3, 0.4) is 0 Å². The molecule has 2 rings (SSSR count). The number of thioether (sulfide) groups is 1. The second kappa shape index (κ2) is 9.30. The van der Waals surface area contributed by atoms with Crippen LogP contribution in [0.1, 0.15) is 52.1 Å². The van der Waals surface area contributed by atoms with Crippen molar-refractivity contribution in [2.24, 2.45) is 5.73 Å². The lowest BCUT2D eigenvalue weighted by atomic mass is 9.99. The van der Waals surface area contributed by atoms with E-state index in [1.807, 2.05) is 40.9 Å². The van der Waals surface area contributed by atoms with E-state index in [0.717, 1.165) is 17.7 Å². The number of carbonyl (C=O) groups is 2. The fraction of sp³-hybridized carbons (Fsp3) is 0.600. The van der Waals surface area contributed by atoms with Gasteiger partial charge in [-0.3, -0.25) is 9.59 Å². The van der Waals surface area contributed by atoms with E-state index < -0.39 is 12.0 Å². The van der Waals surface area contributed by atoms with E-state index in [2.05, 4.69) is 27.7 Å². The summed E-state index contributed by atoms with van der Waals surface area (Å²) in [5, 5.41) is 0.648. The van der Waals surface area contributed by atoms with Crippen molar-refractivity contribution in [1.82, 2.24) is 4.90 Å². The van der Waals surface area contributed by atoms with Gasteiger partial charge in [-0.15, -0.1) is 0 Å². The number of nitrogens with two attached hydrogens (primary N) is 1. The van der Waals surface area contributed by atoms with Crippen molar-refractivity contribution < 1.29 is 14.3 Å². The molecule has 1 aliphatic rings. The molecular formula is C20H29ClN2O3S. The average Bonchev–Trinajstić information content (AvgIpc) is 2.58. The number of rotatable bonds is 7. The van der Waals surface area contributed by atoms with Gasteiger partial charge < -0.3 is 15.4 Å². The van der Waals surface area contributed by atoms with E-state index in [9.17, 15) is 9.59 Å². The zero-order valence-corrected chi connectivity index (χ0v) is 18.0. The molecular weight excluding hydrogens is 384 g/mol. The summed E-state index contributed by atoms with van der Waals surface area (Å²) in [6.07, 6.45) is -0.0759. The van der Waals surface area contributed by atoms with E-state index in [1.165, 1.54) is 0 Å². The van der Waals surface area contributed by atoms with E-state index >= 15 is 0 Å². The van der Waals surface area contributed by atoms with Gasteiger partial charge in [0.2, 0.25) is 5.91 Å². The topological polar surface area (TPSA) is 72.6 Å². The number of primary amides is 1. The number of nitrogens with zero attached hydrogens (tertiary/aromatic N) is 1. The second-order valence-electron chi connectivity index (χ2n) is 7.79. The Balaban J connectivity index is 2.32. The summed E-state index contributed by atoms with van der Waals surface area (Å²) in [5.41, 5.74) is 6.29. The molecule has 1 aromatic carbocycles. The summed E-state index contributed by atoms with van der Waals surface area (Å²) in [6.45, 7) is 8.91. The Kier molecular flexibility index (Phi) is 7.60. The Morgan fingerprint density at radius 2 is 2.00 bits per heavy atom. The van der Waals surface area contributed by atoms with Crippen LogP contribution in [0.2, 0.25) is 5.02 Å². The first-order valence-corrected chi connectivity index (χ1v) is 10.6. The smallest absolute Gasteiger partial charge is 0.253 e. The lowest BCUT2D eigenvalue weighted by Crippen LogP contribution is -2.55. The van der Waals surface area contributed by atoms with Gasteiger partial charge in [-0.05, 0) is 24.1 Å². The molecule has 27 heavy (non-hydrogen) atoms. The predicted molar refractivity (Wildman–Crippen MR) is 111 cm³/mol. The van der Waals surface area contributed by atoms with Gasteiger partial charge in [0.15, 0.2) is 0 Å². The number of ether oxygens (including phenoxy) is 1. The van der Waals surface area contributed by atoms with Crippen LogP contribution in [0.15, 0.2) is 24.3 Å². The van der Waals surface area contributed by atoms with Crippen LogP contribution in [-0.4, -0.2) is 46.0 Å². The third-order valence-corrected chi connectivity index (χ3v) is 6.21. The zero-order chi connectivity index (χ0) is 20.2. The molecule has 2 amide bonds. The minimum atomic E-state index is -0.806. The van der Waals surface area contributed by atoms with Crippen molar-refractivity contribution in [1.29, 1.82) is 0 Å². The summed E-state index contributed by atoms with van der Waals surface area (Å²) >= 11 is 7.85. The van der Waals surface area contributed by atoms with Crippen LogP contribution in [-0.2, 0) is 14.3 Å². The number of hydrogen-bond donors (Lipinski definition) is 1. The van der Waals surface area contributed by atoms with Crippen molar-refractivity contribution in [2.75, 3.05) is 12.4 Å². The molecule has 150 valence electrons. The van der Waals surface area contributed by atoms with Crippen LogP contribution in [0.25, 0.3) is 0 Å². The third kappa shape index (κ3) is 6.13. The highest BCUT2D eigenvalue weighted by Gasteiger charge is 2.41. The molecule has 7 heteroatoms. The Morgan fingerprint density at radius 1 is 1.37 bits per heavy atom. The highest BCUT2D eigenvalue weighted by Crippen LogP contribution is 2.34. The lowest BCUT2D eigenvalue weighted by Gasteiger charge is -2.44. The first-order chi connectivity index (χ1) is 12.6. The van der Waals surface area contributed by atoms with Crippen LogP contribution in [0, 0.1) is 0 Å². The highest BCUT2D eigenvalue weighted by atomic mass is 35.5. The number of amides is 2. The molecule has 3 atom stereocenters. The van der Waals surface area contributed by atoms with Gasteiger partial charge >= 0.3 is 0 Å². The first kappa shape index (κ1) is 22.1. The maximum absolute atomic E-state index is 13.2. The molecule has 1 saturated heterocycles. The van der Waals surface area contributed by atoms with Crippen molar-refractivity contribution in [2.45, 2.75) is 63.5 Å². The molecule has 1 fully saturated rings. The largest absolute Gasteiger partial charge is 0.370 e. The summed E-state index contributed by atoms with van der Waals surface area (Å²) < 4.78 is 5.84. The Morgan fingerprint density at radius 3 is 2.52 bits per heavy atom. The summed E-state index contributed by atoms with van der Waals surface area (Å²) in [7, 11) is 0. The van der Waals surface area contributed by atoms with Gasteiger partial charge in [-0.2, -0.15) is 11.8 Å². The summed E-state index contributed by atoms with van der Waals surface area (Å²) in [5.74, 6) is 0.121. The molecule has 0 saturated carbocycles. The normalized spacial score (nSPS) is 22.0. The molecule has 0 aromatic heterocycles. The molecule has 0 radical (unpaired) electrons. The molecule has 5 nitrogen and oxygen atoms in total. The molecule has 1 aromatic rings. The quantitative estimate of drug-likeness (QED) is 0.739. The van der Waals surface area contributed by atoms with Crippen LogP contribution >= 0.6 is 23.4 Å². The van der Waals surface area contributed by atoms with Crippen LogP contribution in [0.4, 0.5) is 0 Å². The number of benzene rings is 1. The Labute approximate surface area is 170 Å². The van der Waals surface area contributed by atoms with Crippen molar-refractivity contribution in [3.63, 3.8) is 0 Å². The van der Waals surface area contributed by atoms with Gasteiger partial charge in [-0.1, -0.05) is 51.4 Å². The summed E-state index contributed by atoms with van der Waals surface area (Å²) in [6, 6.07) is 7.33. The molecule has 0 aliphatic carbocycles. The molecule has 2 unspecified atom stereocenters. The molecule has 2 N–H and O–H groups in total. The monoisotopic (exact) mass is 412 g/mol. The maximum Gasteiger partial charge on any atom is 0.253 e. The Hall–Kier alpha value is -1.24. The predicted octanol–water partition coefficient (Wildman–Crippen LogP) is 3.79. The lowest BCUT2D eigenvalue weighted by molar-refractivity contribution is -0.165. The van der Waals surface area contributed by atoms with E-state index in [1.54, 1.807) is 0 Å². The molecule has 1 heterocycles. The molecule has 0 spiro atoms. The van der Waals surface area contributed by atoms with Crippen molar-refractivity contribution in [3.8, 4) is 0 Å². The number of hydrogen-bond acceptors (Lipinski definition) is 4. The van der Waals surface area contributed by atoms with E-state index in [4.69, 9.17) is 22.1 Å². The van der Waals surface area contributed by atoms with Crippen molar-refractivity contribution >= 4 is 35.2 Å². The number of halogens is 1. The first-order valence-electron chi connectivity index (χ1n) is 9.24. The standard InChI is InChI=1S/C20H29ClN2O3S/c1-5-15(12-27-20(2,3)4)23-16(13-6-8-14(21)9-7-13)11-26-17(19(23)25)10-18(22)24/h6-9,15-17H,5,10-12H2,1-4H3,(H2,22,24)/t15?,16?,17-/m0/s1. The van der Waals surface area contributed by atoms with Gasteiger partial charge in [-0.25, -0.2) is 0 Å². The summed E-state index contributed by atoms with van der Waals surface area (Å²) in [4.78, 5) is 26.5. The van der Waals surface area contributed by atoms with E-state index in [0.29, 0.717) is 11.6 Å². The van der Waals surface area contributed by atoms with Crippen molar-refractivity contribution in [3.05, 3.63) is 34.9 Å². The molecule has 0 bridgehead atoms. The van der Waals surface area contributed by atoms with Gasteiger partial charge in [0.1, 0.15) is 6.10 Å². The van der Waals surface area contributed by atoms with Crippen LogP contribution in [0.5, 0.6) is 0 Å². The number of morpholine rings is 1. The average molecular weight is 413 g/mol. The minimum Gasteiger partial charge on any atom is -0.370 e. The fourth-order valence-electron chi connectivity index (χ4n) is 3.12. The second-order valence-corrected chi connectivity index (χ2v) is 10.1. The minimum absolute atomic E-state index is 0.0432. The maximum atomic E-state index is 13.2. The molecule has 1 aliphatic heterocycles. The van der Waals surface area contributed by atoms with Crippen LogP contribution < -0.4 is 5.73 Å². The van der Waals surface area contributed by atoms with Gasteiger partial charge in [0, 0.05) is 21.6 Å².